The van der Waals surface area contributed by atoms with E-state index in [0.717, 1.165) is 11.3 Å². The number of hydrazone groups is 1. The summed E-state index contributed by atoms with van der Waals surface area (Å²) in [5, 5.41) is 3.92. The molecule has 0 radical (unpaired) electrons. The van der Waals surface area contributed by atoms with E-state index in [0.29, 0.717) is 5.56 Å². The number of hydrogen-bond donors (Lipinski definition) is 1. The number of carbonyl (C=O) groups is 1. The highest BCUT2D eigenvalue weighted by atomic mass is 16.5. The van der Waals surface area contributed by atoms with Crippen molar-refractivity contribution in [2.24, 2.45) is 5.10 Å². The molecule has 0 fully saturated rings. The van der Waals surface area contributed by atoms with Crippen LogP contribution in [0.25, 0.3) is 0 Å². The van der Waals surface area contributed by atoms with Gasteiger partial charge in [0.05, 0.1) is 17.9 Å². The van der Waals surface area contributed by atoms with Crippen LogP contribution in [-0.2, 0) is 0 Å². The zero-order valence-electron chi connectivity index (χ0n) is 12.0. The van der Waals surface area contributed by atoms with Crippen molar-refractivity contribution in [3.8, 4) is 5.75 Å². The minimum absolute atomic E-state index is 0.142. The van der Waals surface area contributed by atoms with Crippen LogP contribution in [0.15, 0.2) is 53.9 Å². The molecule has 1 aromatic heterocycles. The molecule has 1 amide bonds. The Morgan fingerprint density at radius 3 is 2.67 bits per heavy atom. The number of nitrogens with one attached hydrogen (secondary N) is 1. The Hall–Kier alpha value is -2.69. The van der Waals surface area contributed by atoms with Crippen molar-refractivity contribution in [3.63, 3.8) is 0 Å². The van der Waals surface area contributed by atoms with Crippen LogP contribution in [-0.4, -0.2) is 23.2 Å². The first-order valence-electron chi connectivity index (χ1n) is 6.65. The molecule has 0 unspecified atom stereocenters. The fourth-order valence-electron chi connectivity index (χ4n) is 1.63. The van der Waals surface area contributed by atoms with Gasteiger partial charge in [-0.1, -0.05) is 0 Å². The van der Waals surface area contributed by atoms with Gasteiger partial charge in [0.2, 0.25) is 0 Å². The number of amides is 1. The summed E-state index contributed by atoms with van der Waals surface area (Å²) in [7, 11) is 0. The third kappa shape index (κ3) is 4.72. The van der Waals surface area contributed by atoms with Gasteiger partial charge in [0.25, 0.3) is 5.91 Å². The minimum atomic E-state index is -0.292. The second kappa shape index (κ2) is 7.19. The molecule has 1 heterocycles. The third-order valence-electron chi connectivity index (χ3n) is 2.56. The Labute approximate surface area is 123 Å². The van der Waals surface area contributed by atoms with E-state index in [2.05, 4.69) is 15.5 Å². The van der Waals surface area contributed by atoms with E-state index in [1.807, 2.05) is 38.1 Å². The van der Waals surface area contributed by atoms with Gasteiger partial charge in [0.1, 0.15) is 5.75 Å². The summed E-state index contributed by atoms with van der Waals surface area (Å²) in [6.45, 7) is 3.95. The van der Waals surface area contributed by atoms with Crippen molar-refractivity contribution in [2.45, 2.75) is 20.0 Å². The average Bonchev–Trinajstić information content (AvgIpc) is 2.49. The molecule has 0 aliphatic carbocycles. The Morgan fingerprint density at radius 2 is 2.05 bits per heavy atom. The van der Waals surface area contributed by atoms with Gasteiger partial charge in [0, 0.05) is 12.4 Å². The van der Waals surface area contributed by atoms with Gasteiger partial charge in [-0.25, -0.2) is 5.43 Å². The van der Waals surface area contributed by atoms with Crippen LogP contribution in [0.2, 0.25) is 0 Å². The molecular formula is C16H17N3O2. The smallest absolute Gasteiger partial charge is 0.272 e. The van der Waals surface area contributed by atoms with Crippen molar-refractivity contribution >= 4 is 12.1 Å². The third-order valence-corrected chi connectivity index (χ3v) is 2.56. The lowest BCUT2D eigenvalue weighted by Crippen LogP contribution is -2.17. The average molecular weight is 283 g/mol. The zero-order valence-corrected chi connectivity index (χ0v) is 12.0. The number of hydrogen-bond acceptors (Lipinski definition) is 4. The minimum Gasteiger partial charge on any atom is -0.491 e. The Balaban J connectivity index is 1.91. The number of benzene rings is 1. The van der Waals surface area contributed by atoms with Gasteiger partial charge in [-0.3, -0.25) is 9.78 Å². The van der Waals surface area contributed by atoms with Gasteiger partial charge in [-0.15, -0.1) is 0 Å². The molecule has 2 aromatic rings. The molecular weight excluding hydrogens is 266 g/mol. The molecule has 0 saturated carbocycles. The van der Waals surface area contributed by atoms with Crippen molar-refractivity contribution in [1.82, 2.24) is 10.4 Å². The van der Waals surface area contributed by atoms with E-state index >= 15 is 0 Å². The van der Waals surface area contributed by atoms with E-state index in [9.17, 15) is 4.79 Å². The highest BCUT2D eigenvalue weighted by molar-refractivity contribution is 5.94. The summed E-state index contributed by atoms with van der Waals surface area (Å²) in [4.78, 5) is 15.6. The van der Waals surface area contributed by atoms with Gasteiger partial charge < -0.3 is 4.74 Å². The van der Waals surface area contributed by atoms with E-state index in [-0.39, 0.29) is 12.0 Å². The number of nitrogens with zero attached hydrogens (tertiary/aromatic N) is 2. The normalized spacial score (nSPS) is 10.8. The lowest BCUT2D eigenvalue weighted by molar-refractivity contribution is 0.0955. The molecule has 21 heavy (non-hydrogen) atoms. The van der Waals surface area contributed by atoms with Crippen LogP contribution in [0.5, 0.6) is 5.75 Å². The standard InChI is InChI=1S/C16H17N3O2/c1-12(2)21-15-7-5-13(6-8-15)10-18-19-16(20)14-4-3-9-17-11-14/h3-12H,1-2H3,(H,19,20). The van der Waals surface area contributed by atoms with E-state index in [1.165, 1.54) is 6.20 Å². The molecule has 0 aliphatic rings. The van der Waals surface area contributed by atoms with Gasteiger partial charge in [-0.2, -0.15) is 5.10 Å². The van der Waals surface area contributed by atoms with Crippen molar-refractivity contribution in [3.05, 3.63) is 59.9 Å². The number of ether oxygens (including phenoxy) is 1. The zero-order chi connectivity index (χ0) is 15.1. The highest BCUT2D eigenvalue weighted by Crippen LogP contribution is 2.12. The van der Waals surface area contributed by atoms with Gasteiger partial charge >= 0.3 is 0 Å². The van der Waals surface area contributed by atoms with E-state index in [1.54, 1.807) is 24.5 Å². The van der Waals surface area contributed by atoms with Crippen LogP contribution in [0.1, 0.15) is 29.8 Å². The Bertz CT molecular complexity index is 607. The molecule has 0 spiro atoms. The molecule has 5 nitrogen and oxygen atoms in total. The van der Waals surface area contributed by atoms with Crippen LogP contribution in [0, 0.1) is 0 Å². The summed E-state index contributed by atoms with van der Waals surface area (Å²) >= 11 is 0. The maximum atomic E-state index is 11.7. The number of pyridine rings is 1. The van der Waals surface area contributed by atoms with Crippen LogP contribution in [0.3, 0.4) is 0 Å². The predicted octanol–water partition coefficient (Wildman–Crippen LogP) is 2.63. The first-order valence-corrected chi connectivity index (χ1v) is 6.65. The predicted molar refractivity (Wildman–Crippen MR) is 81.5 cm³/mol. The number of aromatic nitrogens is 1. The molecule has 108 valence electrons. The van der Waals surface area contributed by atoms with E-state index in [4.69, 9.17) is 4.74 Å². The fourth-order valence-corrected chi connectivity index (χ4v) is 1.63. The first kappa shape index (κ1) is 14.7. The second-order valence-electron chi connectivity index (χ2n) is 4.68. The second-order valence-corrected chi connectivity index (χ2v) is 4.68. The van der Waals surface area contributed by atoms with Gasteiger partial charge in [0.15, 0.2) is 0 Å². The van der Waals surface area contributed by atoms with Crippen LogP contribution in [0.4, 0.5) is 0 Å². The molecule has 2 rings (SSSR count). The number of rotatable bonds is 5. The summed E-state index contributed by atoms with van der Waals surface area (Å²) in [5.41, 5.74) is 3.79. The first-order chi connectivity index (χ1) is 10.1. The SMILES string of the molecule is CC(C)Oc1ccc(C=NNC(=O)c2cccnc2)cc1. The molecule has 0 aliphatic heterocycles. The molecule has 5 heteroatoms. The maximum absolute atomic E-state index is 11.7. The summed E-state index contributed by atoms with van der Waals surface area (Å²) < 4.78 is 5.55. The molecule has 0 bridgehead atoms. The molecule has 0 saturated heterocycles. The quantitative estimate of drug-likeness (QED) is 0.677. The Morgan fingerprint density at radius 1 is 1.29 bits per heavy atom. The summed E-state index contributed by atoms with van der Waals surface area (Å²) in [5.74, 6) is 0.514. The number of carbonyl (C=O) groups excluding carboxylic acids is 1. The maximum Gasteiger partial charge on any atom is 0.272 e. The van der Waals surface area contributed by atoms with Gasteiger partial charge in [-0.05, 0) is 55.8 Å². The summed E-state index contributed by atoms with van der Waals surface area (Å²) in [6, 6.07) is 10.9. The highest BCUT2D eigenvalue weighted by Gasteiger charge is 2.02. The molecule has 1 aromatic carbocycles. The van der Waals surface area contributed by atoms with Crippen molar-refractivity contribution in [2.75, 3.05) is 0 Å². The molecule has 0 atom stereocenters. The Kier molecular flexibility index (Phi) is 5.04. The van der Waals surface area contributed by atoms with E-state index < -0.39 is 0 Å². The van der Waals surface area contributed by atoms with Crippen molar-refractivity contribution in [1.29, 1.82) is 0 Å². The van der Waals surface area contributed by atoms with Crippen LogP contribution >= 0.6 is 0 Å². The monoisotopic (exact) mass is 283 g/mol. The fraction of sp³-hybridized carbons (Fsp3) is 0.188. The largest absolute Gasteiger partial charge is 0.491 e. The van der Waals surface area contributed by atoms with Crippen LogP contribution < -0.4 is 10.2 Å². The summed E-state index contributed by atoms with van der Waals surface area (Å²) in [6.07, 6.45) is 4.82. The topological polar surface area (TPSA) is 63.6 Å². The molecule has 1 N–H and O–H groups in total. The lowest BCUT2D eigenvalue weighted by Gasteiger charge is -2.09. The lowest BCUT2D eigenvalue weighted by atomic mass is 10.2. The van der Waals surface area contributed by atoms with Crippen molar-refractivity contribution < 1.29 is 9.53 Å².